The summed E-state index contributed by atoms with van der Waals surface area (Å²) < 4.78 is 5.72. The molecule has 82 valence electrons. The van der Waals surface area contributed by atoms with Gasteiger partial charge in [-0.25, -0.2) is 14.5 Å². The van der Waals surface area contributed by atoms with E-state index in [9.17, 15) is 9.59 Å². The van der Waals surface area contributed by atoms with Gasteiger partial charge in [-0.05, 0) is 6.92 Å². The first-order valence-corrected chi connectivity index (χ1v) is 4.06. The van der Waals surface area contributed by atoms with Gasteiger partial charge in [0.05, 0.1) is 0 Å². The number of anilines is 1. The number of aliphatic carboxylic acids is 1. The van der Waals surface area contributed by atoms with E-state index in [0.717, 1.165) is 4.68 Å². The lowest BCUT2D eigenvalue weighted by molar-refractivity contribution is -0.163. The van der Waals surface area contributed by atoms with Crippen LogP contribution in [0.5, 0.6) is 0 Å². The molecular formula is C7H10N4O4. The number of rotatable bonds is 4. The highest BCUT2D eigenvalue weighted by Gasteiger charge is 2.16. The van der Waals surface area contributed by atoms with Crippen molar-refractivity contribution in [3.63, 3.8) is 0 Å². The van der Waals surface area contributed by atoms with Crippen molar-refractivity contribution in [2.24, 2.45) is 0 Å². The molecule has 0 bridgehead atoms. The van der Waals surface area contributed by atoms with Crippen molar-refractivity contribution >= 4 is 17.9 Å². The van der Waals surface area contributed by atoms with E-state index in [4.69, 9.17) is 10.8 Å². The minimum absolute atomic E-state index is 0.0362. The third-order valence-corrected chi connectivity index (χ3v) is 1.50. The van der Waals surface area contributed by atoms with Gasteiger partial charge in [0.15, 0.2) is 6.10 Å². The van der Waals surface area contributed by atoms with Crippen LogP contribution in [0.15, 0.2) is 6.33 Å². The van der Waals surface area contributed by atoms with Crippen molar-refractivity contribution in [1.82, 2.24) is 14.8 Å². The number of nitrogens with zero attached hydrogens (tertiary/aromatic N) is 3. The second-order valence-corrected chi connectivity index (χ2v) is 2.77. The molecule has 8 heteroatoms. The number of nitrogen functional groups attached to an aromatic ring is 1. The number of carbonyl (C=O) groups excluding carboxylic acids is 1. The zero-order valence-corrected chi connectivity index (χ0v) is 7.95. The Morgan fingerprint density at radius 3 is 2.87 bits per heavy atom. The van der Waals surface area contributed by atoms with E-state index in [1.165, 1.54) is 13.3 Å². The maximum Gasteiger partial charge on any atom is 0.344 e. The number of hydrogen-bond acceptors (Lipinski definition) is 6. The number of carboxylic acids is 1. The van der Waals surface area contributed by atoms with Crippen LogP contribution < -0.4 is 5.73 Å². The molecule has 1 unspecified atom stereocenters. The van der Waals surface area contributed by atoms with E-state index in [0.29, 0.717) is 0 Å². The van der Waals surface area contributed by atoms with Crippen molar-refractivity contribution < 1.29 is 19.4 Å². The normalized spacial score (nSPS) is 12.1. The first-order valence-electron chi connectivity index (χ1n) is 4.06. The number of carbonyl (C=O) groups is 2. The van der Waals surface area contributed by atoms with Crippen LogP contribution in [-0.4, -0.2) is 37.9 Å². The highest BCUT2D eigenvalue weighted by molar-refractivity contribution is 5.77. The molecule has 0 fully saturated rings. The monoisotopic (exact) mass is 214 g/mol. The maximum atomic E-state index is 11.1. The molecule has 1 aromatic rings. The lowest BCUT2D eigenvalue weighted by Gasteiger charge is -2.07. The van der Waals surface area contributed by atoms with Crippen LogP contribution in [0.2, 0.25) is 0 Å². The SMILES string of the molecule is CC(OC(=O)Cn1cnc(N)n1)C(=O)O. The number of hydrogen-bond donors (Lipinski definition) is 2. The van der Waals surface area contributed by atoms with E-state index in [1.807, 2.05) is 0 Å². The second kappa shape index (κ2) is 4.40. The lowest BCUT2D eigenvalue weighted by Crippen LogP contribution is -2.26. The molecule has 3 N–H and O–H groups in total. The summed E-state index contributed by atoms with van der Waals surface area (Å²) in [6, 6.07) is 0. The Hall–Kier alpha value is -2.12. The molecule has 0 saturated heterocycles. The minimum Gasteiger partial charge on any atom is -0.479 e. The molecule has 1 aromatic heterocycles. The van der Waals surface area contributed by atoms with E-state index >= 15 is 0 Å². The van der Waals surface area contributed by atoms with Gasteiger partial charge in [-0.2, -0.15) is 0 Å². The Labute approximate surface area is 84.7 Å². The third-order valence-electron chi connectivity index (χ3n) is 1.50. The van der Waals surface area contributed by atoms with Crippen LogP contribution in [0.1, 0.15) is 6.92 Å². The first-order chi connectivity index (χ1) is 6.99. The Bertz CT molecular complexity index is 375. The van der Waals surface area contributed by atoms with E-state index in [2.05, 4.69) is 14.8 Å². The lowest BCUT2D eigenvalue weighted by atomic mass is 10.4. The number of ether oxygens (including phenoxy) is 1. The summed E-state index contributed by atoms with van der Waals surface area (Å²) in [5.41, 5.74) is 5.21. The highest BCUT2D eigenvalue weighted by Crippen LogP contribution is 1.95. The largest absolute Gasteiger partial charge is 0.479 e. The molecule has 0 aromatic carbocycles. The van der Waals surface area contributed by atoms with Gasteiger partial charge in [0.1, 0.15) is 12.9 Å². The van der Waals surface area contributed by atoms with Crippen molar-refractivity contribution in [2.75, 3.05) is 5.73 Å². The van der Waals surface area contributed by atoms with Crippen LogP contribution in [0, 0.1) is 0 Å². The molecule has 1 atom stereocenters. The van der Waals surface area contributed by atoms with Gasteiger partial charge in [-0.1, -0.05) is 0 Å². The summed E-state index contributed by atoms with van der Waals surface area (Å²) in [5, 5.41) is 12.1. The molecule has 0 aliphatic heterocycles. The van der Waals surface area contributed by atoms with Crippen LogP contribution in [0.25, 0.3) is 0 Å². The first kappa shape index (κ1) is 11.0. The summed E-state index contributed by atoms with van der Waals surface area (Å²) in [6.45, 7) is 1.04. The second-order valence-electron chi connectivity index (χ2n) is 2.77. The van der Waals surface area contributed by atoms with Crippen LogP contribution in [-0.2, 0) is 20.9 Å². The number of aromatic nitrogens is 3. The highest BCUT2D eigenvalue weighted by atomic mass is 16.6. The predicted molar refractivity (Wildman–Crippen MR) is 47.6 cm³/mol. The quantitative estimate of drug-likeness (QED) is 0.608. The number of carboxylic acid groups (broad SMARTS) is 1. The van der Waals surface area contributed by atoms with Crippen molar-refractivity contribution in [1.29, 1.82) is 0 Å². The summed E-state index contributed by atoms with van der Waals surface area (Å²) in [5.74, 6) is -1.88. The Balaban J connectivity index is 2.46. The number of esters is 1. The molecule has 0 spiro atoms. The zero-order valence-electron chi connectivity index (χ0n) is 7.95. The fraction of sp³-hybridized carbons (Fsp3) is 0.429. The third kappa shape index (κ3) is 3.25. The Morgan fingerprint density at radius 2 is 2.40 bits per heavy atom. The molecule has 0 amide bonds. The fourth-order valence-corrected chi connectivity index (χ4v) is 0.802. The summed E-state index contributed by atoms with van der Waals surface area (Å²) in [4.78, 5) is 25.1. The molecule has 0 aliphatic rings. The molecule has 1 rings (SSSR count). The Kier molecular flexibility index (Phi) is 3.21. The van der Waals surface area contributed by atoms with Crippen LogP contribution in [0.4, 0.5) is 5.95 Å². The molecule has 0 aliphatic carbocycles. The molecule has 0 saturated carbocycles. The molecule has 0 radical (unpaired) electrons. The van der Waals surface area contributed by atoms with Crippen LogP contribution in [0.3, 0.4) is 0 Å². The standard InChI is InChI=1S/C7H10N4O4/c1-4(6(13)14)15-5(12)2-11-3-9-7(8)10-11/h3-4H,2H2,1H3,(H2,8,10)(H,13,14). The molecule has 8 nitrogen and oxygen atoms in total. The topological polar surface area (TPSA) is 120 Å². The van der Waals surface area contributed by atoms with Gasteiger partial charge in [0, 0.05) is 0 Å². The average Bonchev–Trinajstić information content (AvgIpc) is 2.50. The summed E-state index contributed by atoms with van der Waals surface area (Å²) in [7, 11) is 0. The Morgan fingerprint density at radius 1 is 1.73 bits per heavy atom. The maximum absolute atomic E-state index is 11.1. The molecular weight excluding hydrogens is 204 g/mol. The van der Waals surface area contributed by atoms with E-state index in [-0.39, 0.29) is 12.5 Å². The molecule has 15 heavy (non-hydrogen) atoms. The van der Waals surface area contributed by atoms with Gasteiger partial charge in [0.25, 0.3) is 0 Å². The average molecular weight is 214 g/mol. The predicted octanol–water partition coefficient (Wildman–Crippen LogP) is -1.12. The van der Waals surface area contributed by atoms with Gasteiger partial charge in [-0.15, -0.1) is 5.10 Å². The fourth-order valence-electron chi connectivity index (χ4n) is 0.802. The zero-order chi connectivity index (χ0) is 11.4. The van der Waals surface area contributed by atoms with Crippen molar-refractivity contribution in [2.45, 2.75) is 19.6 Å². The van der Waals surface area contributed by atoms with Crippen molar-refractivity contribution in [3.8, 4) is 0 Å². The van der Waals surface area contributed by atoms with E-state index in [1.54, 1.807) is 0 Å². The van der Waals surface area contributed by atoms with Gasteiger partial charge >= 0.3 is 11.9 Å². The smallest absolute Gasteiger partial charge is 0.344 e. The van der Waals surface area contributed by atoms with Gasteiger partial charge in [-0.3, -0.25) is 4.79 Å². The molecule has 1 heterocycles. The van der Waals surface area contributed by atoms with Gasteiger partial charge in [0.2, 0.25) is 5.95 Å². The van der Waals surface area contributed by atoms with Crippen molar-refractivity contribution in [3.05, 3.63) is 6.33 Å². The van der Waals surface area contributed by atoms with Gasteiger partial charge < -0.3 is 15.6 Å². The number of nitrogens with two attached hydrogens (primary N) is 1. The minimum atomic E-state index is -1.21. The summed E-state index contributed by atoms with van der Waals surface area (Å²) >= 11 is 0. The summed E-state index contributed by atoms with van der Waals surface area (Å²) in [6.07, 6.45) is 0.0699. The van der Waals surface area contributed by atoms with E-state index < -0.39 is 18.0 Å². The van der Waals surface area contributed by atoms with Crippen LogP contribution >= 0.6 is 0 Å².